The first kappa shape index (κ1) is 29.3. The van der Waals surface area contributed by atoms with Crippen molar-refractivity contribution in [3.63, 3.8) is 0 Å². The molecule has 2 aromatic carbocycles. The summed E-state index contributed by atoms with van der Waals surface area (Å²) in [5, 5.41) is 1.23. The molecule has 10 heteroatoms. The number of rotatable bonds is 12. The lowest BCUT2D eigenvalue weighted by atomic mass is 10.0. The normalized spacial score (nSPS) is 15.4. The van der Waals surface area contributed by atoms with E-state index in [-0.39, 0.29) is 6.79 Å². The van der Waals surface area contributed by atoms with Crippen molar-refractivity contribution < 1.29 is 23.7 Å². The molecule has 0 radical (unpaired) electrons. The molecular weight excluding hydrogens is 541 g/mol. The molecule has 0 bridgehead atoms. The lowest BCUT2D eigenvalue weighted by Gasteiger charge is -2.36. The van der Waals surface area contributed by atoms with Crippen molar-refractivity contribution in [3.8, 4) is 5.75 Å². The predicted molar refractivity (Wildman–Crippen MR) is 155 cm³/mol. The van der Waals surface area contributed by atoms with Crippen LogP contribution in [0.15, 0.2) is 41.4 Å². The molecule has 0 spiro atoms. The second-order valence-electron chi connectivity index (χ2n) is 9.61. The van der Waals surface area contributed by atoms with Crippen LogP contribution in [0, 0.1) is 0 Å². The number of ether oxygens (including phenoxy) is 4. The van der Waals surface area contributed by atoms with Gasteiger partial charge in [0.2, 0.25) is 6.79 Å². The molecule has 0 aliphatic carbocycles. The Balaban J connectivity index is 1.13. The monoisotopic (exact) mass is 577 g/mol. The van der Waals surface area contributed by atoms with Crippen molar-refractivity contribution in [1.29, 1.82) is 0 Å². The maximum absolute atomic E-state index is 11.5. The molecule has 2 aliphatic rings. The minimum Gasteiger partial charge on any atom is -0.494 e. The number of carbonyl (C=O) groups is 1. The SMILES string of the molecule is CCCCOC(=O)OCOC1=Nc2cc(OCCCCN3CCN(c4cccc(Cl)c4Cl)CC3)ccc2CC1. The number of halogens is 2. The highest BCUT2D eigenvalue weighted by molar-refractivity contribution is 6.43. The van der Waals surface area contributed by atoms with E-state index < -0.39 is 6.16 Å². The molecule has 0 N–H and O–H groups in total. The summed E-state index contributed by atoms with van der Waals surface area (Å²) in [7, 11) is 0. The third-order valence-electron chi connectivity index (χ3n) is 6.81. The third-order valence-corrected chi connectivity index (χ3v) is 7.62. The zero-order valence-electron chi connectivity index (χ0n) is 22.5. The molecule has 0 aromatic heterocycles. The van der Waals surface area contributed by atoms with Crippen LogP contribution in [0.3, 0.4) is 0 Å². The Labute approximate surface area is 240 Å². The van der Waals surface area contributed by atoms with E-state index in [1.807, 2.05) is 37.3 Å². The minimum absolute atomic E-state index is 0.210. The van der Waals surface area contributed by atoms with Crippen LogP contribution in [0.1, 0.15) is 44.6 Å². The molecule has 2 aromatic rings. The Kier molecular flexibility index (Phi) is 11.4. The molecule has 0 saturated carbocycles. The highest BCUT2D eigenvalue weighted by atomic mass is 35.5. The summed E-state index contributed by atoms with van der Waals surface area (Å²) in [5.74, 6) is 1.33. The van der Waals surface area contributed by atoms with Crippen LogP contribution in [-0.4, -0.2) is 69.7 Å². The van der Waals surface area contributed by atoms with Crippen molar-refractivity contribution in [1.82, 2.24) is 4.90 Å². The Morgan fingerprint density at radius 3 is 2.62 bits per heavy atom. The molecule has 0 amide bonds. The van der Waals surface area contributed by atoms with Gasteiger partial charge in [0.1, 0.15) is 5.75 Å². The zero-order valence-corrected chi connectivity index (χ0v) is 24.0. The van der Waals surface area contributed by atoms with Crippen LogP contribution in [-0.2, 0) is 20.6 Å². The number of hydrogen-bond donors (Lipinski definition) is 0. The number of piperazine rings is 1. The van der Waals surface area contributed by atoms with E-state index in [4.69, 9.17) is 42.1 Å². The molecule has 2 heterocycles. The van der Waals surface area contributed by atoms with Gasteiger partial charge in [-0.2, -0.15) is 0 Å². The summed E-state index contributed by atoms with van der Waals surface area (Å²) in [6.45, 7) is 7.74. The minimum atomic E-state index is -0.722. The number of fused-ring (bicyclic) bond motifs is 1. The Hall–Kier alpha value is -2.68. The topological polar surface area (TPSA) is 72.8 Å². The molecule has 212 valence electrons. The van der Waals surface area contributed by atoms with Gasteiger partial charge in [0.15, 0.2) is 5.90 Å². The van der Waals surface area contributed by atoms with Gasteiger partial charge in [0, 0.05) is 38.7 Å². The van der Waals surface area contributed by atoms with Crippen molar-refractivity contribution in [2.45, 2.75) is 45.4 Å². The number of carbonyl (C=O) groups excluding carboxylic acids is 1. The lowest BCUT2D eigenvalue weighted by molar-refractivity contribution is -0.00142. The van der Waals surface area contributed by atoms with Gasteiger partial charge >= 0.3 is 6.16 Å². The van der Waals surface area contributed by atoms with Gasteiger partial charge in [0.25, 0.3) is 0 Å². The van der Waals surface area contributed by atoms with Crippen LogP contribution in [0.25, 0.3) is 0 Å². The lowest BCUT2D eigenvalue weighted by Crippen LogP contribution is -2.46. The first-order valence-electron chi connectivity index (χ1n) is 13.7. The summed E-state index contributed by atoms with van der Waals surface area (Å²) in [4.78, 5) is 20.9. The summed E-state index contributed by atoms with van der Waals surface area (Å²) >= 11 is 12.6. The average molecular weight is 579 g/mol. The van der Waals surface area contributed by atoms with E-state index in [9.17, 15) is 4.79 Å². The van der Waals surface area contributed by atoms with E-state index in [0.717, 1.165) is 87.5 Å². The van der Waals surface area contributed by atoms with E-state index in [0.29, 0.717) is 35.6 Å². The highest BCUT2D eigenvalue weighted by Crippen LogP contribution is 2.33. The molecule has 39 heavy (non-hydrogen) atoms. The first-order valence-corrected chi connectivity index (χ1v) is 14.5. The largest absolute Gasteiger partial charge is 0.511 e. The summed E-state index contributed by atoms with van der Waals surface area (Å²) in [6.07, 6.45) is 4.55. The van der Waals surface area contributed by atoms with Crippen LogP contribution in [0.2, 0.25) is 10.0 Å². The van der Waals surface area contributed by atoms with E-state index in [1.54, 1.807) is 0 Å². The number of hydrogen-bond acceptors (Lipinski definition) is 8. The molecular formula is C29H37Cl2N3O5. The predicted octanol–water partition coefficient (Wildman–Crippen LogP) is 6.88. The number of nitrogens with zero attached hydrogens (tertiary/aromatic N) is 3. The maximum Gasteiger partial charge on any atom is 0.511 e. The second-order valence-corrected chi connectivity index (χ2v) is 10.4. The van der Waals surface area contributed by atoms with Crippen molar-refractivity contribution in [2.24, 2.45) is 4.99 Å². The number of unbranched alkanes of at least 4 members (excludes halogenated alkanes) is 2. The van der Waals surface area contributed by atoms with Gasteiger partial charge in [-0.15, -0.1) is 0 Å². The molecule has 0 atom stereocenters. The van der Waals surface area contributed by atoms with Crippen molar-refractivity contribution in [3.05, 3.63) is 52.0 Å². The van der Waals surface area contributed by atoms with Crippen LogP contribution >= 0.6 is 23.2 Å². The van der Waals surface area contributed by atoms with Crippen molar-refractivity contribution >= 4 is 46.6 Å². The van der Waals surface area contributed by atoms with Gasteiger partial charge in [-0.05, 0) is 56.0 Å². The van der Waals surface area contributed by atoms with E-state index in [1.165, 1.54) is 0 Å². The Morgan fingerprint density at radius 1 is 0.949 bits per heavy atom. The second kappa shape index (κ2) is 15.2. The average Bonchev–Trinajstić information content (AvgIpc) is 2.95. The fourth-order valence-corrected chi connectivity index (χ4v) is 4.96. The molecule has 0 unspecified atom stereocenters. The number of anilines is 1. The molecule has 1 saturated heterocycles. The van der Waals surface area contributed by atoms with Gasteiger partial charge in [-0.3, -0.25) is 4.90 Å². The number of aliphatic imine (C=N–C) groups is 1. The maximum atomic E-state index is 11.5. The van der Waals surface area contributed by atoms with Gasteiger partial charge < -0.3 is 23.8 Å². The summed E-state index contributed by atoms with van der Waals surface area (Å²) in [6, 6.07) is 11.8. The fraction of sp³-hybridized carbons (Fsp3) is 0.517. The van der Waals surface area contributed by atoms with Crippen LogP contribution in [0.5, 0.6) is 5.75 Å². The van der Waals surface area contributed by atoms with Crippen molar-refractivity contribution in [2.75, 3.05) is 57.6 Å². The zero-order chi connectivity index (χ0) is 27.5. The Morgan fingerprint density at radius 2 is 1.79 bits per heavy atom. The quantitative estimate of drug-likeness (QED) is 0.155. The van der Waals surface area contributed by atoms with E-state index in [2.05, 4.69) is 20.9 Å². The third kappa shape index (κ3) is 8.92. The fourth-order valence-electron chi connectivity index (χ4n) is 4.55. The molecule has 1 fully saturated rings. The smallest absolute Gasteiger partial charge is 0.494 e. The van der Waals surface area contributed by atoms with Crippen LogP contribution in [0.4, 0.5) is 16.2 Å². The number of aryl methyl sites for hydroxylation is 1. The highest BCUT2D eigenvalue weighted by Gasteiger charge is 2.19. The van der Waals surface area contributed by atoms with Gasteiger partial charge in [-0.1, -0.05) is 48.7 Å². The van der Waals surface area contributed by atoms with Gasteiger partial charge in [-0.25, -0.2) is 9.79 Å². The number of benzene rings is 2. The molecule has 4 rings (SSSR count). The van der Waals surface area contributed by atoms with E-state index >= 15 is 0 Å². The summed E-state index contributed by atoms with van der Waals surface area (Å²) < 4.78 is 21.4. The first-order chi connectivity index (χ1) is 19.0. The van der Waals surface area contributed by atoms with Crippen LogP contribution < -0.4 is 9.64 Å². The van der Waals surface area contributed by atoms with Gasteiger partial charge in [0.05, 0.1) is 34.6 Å². The standard InChI is InChI=1S/C29H37Cl2N3O5/c1-2-3-18-37-29(35)39-21-38-27-12-10-22-9-11-23(20-25(22)32-27)36-19-5-4-13-33-14-16-34(17-15-33)26-8-6-7-24(30)28(26)31/h6-9,11,20H,2-5,10,12-19,21H2,1H3. The molecule has 8 nitrogen and oxygen atoms in total. The summed E-state index contributed by atoms with van der Waals surface area (Å²) in [5.41, 5.74) is 2.99. The molecule has 2 aliphatic heterocycles. The Bertz CT molecular complexity index is 1120.